The summed E-state index contributed by atoms with van der Waals surface area (Å²) < 4.78 is 3.56. The van der Waals surface area contributed by atoms with E-state index in [0.717, 1.165) is 10.8 Å². The third-order valence-corrected chi connectivity index (χ3v) is 5.80. The smallest absolute Gasteiger partial charge is 0.274 e. The van der Waals surface area contributed by atoms with Crippen molar-refractivity contribution in [3.8, 4) is 0 Å². The van der Waals surface area contributed by atoms with Gasteiger partial charge < -0.3 is 5.32 Å². The number of benzene rings is 1. The standard InChI is InChI=1S/C18H15IN4O4/c1-19-18(27)21-7-11-9-3-2-4-10-15(9)13(8-20-11)23(17(10)26)12-5-6-14(24)22-16(12)25/h2-4,8,12H,1,5-7H2,(H,21,27)(H,22,24,25). The zero-order chi connectivity index (χ0) is 19.1. The minimum Gasteiger partial charge on any atom is -0.342 e. The van der Waals surface area contributed by atoms with E-state index in [1.54, 1.807) is 18.3 Å². The summed E-state index contributed by atoms with van der Waals surface area (Å²) in [6.07, 6.45) is 2.02. The quantitative estimate of drug-likeness (QED) is 0.301. The van der Waals surface area contributed by atoms with Crippen LogP contribution in [0, 0.1) is 0 Å². The van der Waals surface area contributed by atoms with Gasteiger partial charge in [0.15, 0.2) is 0 Å². The van der Waals surface area contributed by atoms with E-state index >= 15 is 0 Å². The number of carbonyl (C=O) groups is 4. The van der Waals surface area contributed by atoms with Gasteiger partial charge in [0.05, 0.1) is 24.1 Å². The van der Waals surface area contributed by atoms with Crippen molar-refractivity contribution in [3.05, 3.63) is 35.7 Å². The Morgan fingerprint density at radius 3 is 2.93 bits per heavy atom. The fourth-order valence-corrected chi connectivity index (χ4v) is 3.98. The highest BCUT2D eigenvalue weighted by molar-refractivity contribution is 14.2. The second-order valence-corrected chi connectivity index (χ2v) is 7.96. The number of anilines is 1. The number of piperidine rings is 1. The van der Waals surface area contributed by atoms with E-state index in [0.29, 0.717) is 16.9 Å². The highest BCUT2D eigenvalue weighted by Gasteiger charge is 2.41. The van der Waals surface area contributed by atoms with Crippen molar-refractivity contribution >= 4 is 63.3 Å². The third kappa shape index (κ3) is 2.91. The summed E-state index contributed by atoms with van der Waals surface area (Å²) in [5.74, 6) is -1.09. The van der Waals surface area contributed by atoms with Crippen LogP contribution in [0.1, 0.15) is 28.9 Å². The Kier molecular flexibility index (Phi) is 4.46. The van der Waals surface area contributed by atoms with Crippen LogP contribution in [0.25, 0.3) is 10.8 Å². The normalized spacial score (nSPS) is 18.7. The fraction of sp³-hybridized carbons (Fsp3) is 0.222. The molecule has 4 amide bonds. The van der Waals surface area contributed by atoms with Gasteiger partial charge in [-0.2, -0.15) is 0 Å². The van der Waals surface area contributed by atoms with Crippen molar-refractivity contribution in [2.24, 2.45) is 0 Å². The molecule has 8 nitrogen and oxygen atoms in total. The van der Waals surface area contributed by atoms with Crippen LogP contribution in [0.3, 0.4) is 0 Å². The third-order valence-electron chi connectivity index (χ3n) is 4.72. The molecular weight excluding hydrogens is 463 g/mol. The van der Waals surface area contributed by atoms with Crippen LogP contribution in [-0.4, -0.2) is 37.2 Å². The molecule has 1 unspecified atom stereocenters. The van der Waals surface area contributed by atoms with Crippen molar-refractivity contribution in [1.82, 2.24) is 15.6 Å². The van der Waals surface area contributed by atoms with Crippen LogP contribution in [0.5, 0.6) is 0 Å². The second kappa shape index (κ2) is 6.80. The molecule has 2 aliphatic heterocycles. The molecule has 1 saturated heterocycles. The Bertz CT molecular complexity index is 1040. The predicted molar refractivity (Wildman–Crippen MR) is 108 cm³/mol. The fourth-order valence-electron chi connectivity index (χ4n) is 3.52. The van der Waals surface area contributed by atoms with Gasteiger partial charge in [0.25, 0.3) is 9.82 Å². The van der Waals surface area contributed by atoms with E-state index < -0.39 is 32.7 Å². The molecule has 9 heteroatoms. The van der Waals surface area contributed by atoms with Crippen molar-refractivity contribution in [1.29, 1.82) is 0 Å². The first-order chi connectivity index (χ1) is 13.0. The molecule has 0 spiro atoms. The molecule has 0 radical (unpaired) electrons. The van der Waals surface area contributed by atoms with Gasteiger partial charge in [0, 0.05) is 22.8 Å². The van der Waals surface area contributed by atoms with E-state index in [4.69, 9.17) is 0 Å². The van der Waals surface area contributed by atoms with Gasteiger partial charge in [-0.3, -0.25) is 34.4 Å². The molecule has 0 bridgehead atoms. The molecule has 2 aromatic rings. The second-order valence-electron chi connectivity index (χ2n) is 6.22. The van der Waals surface area contributed by atoms with E-state index in [9.17, 15) is 19.2 Å². The van der Waals surface area contributed by atoms with E-state index in [1.165, 1.54) is 4.90 Å². The first kappa shape index (κ1) is 17.7. The summed E-state index contributed by atoms with van der Waals surface area (Å²) in [7, 11) is 0. The van der Waals surface area contributed by atoms with Crippen LogP contribution in [-0.2, 0) is 16.1 Å². The lowest BCUT2D eigenvalue weighted by Gasteiger charge is -2.30. The zero-order valence-electron chi connectivity index (χ0n) is 14.1. The van der Waals surface area contributed by atoms with Gasteiger partial charge >= 0.3 is 0 Å². The molecule has 4 rings (SSSR count). The number of amides is 4. The average Bonchev–Trinajstić information content (AvgIpc) is 2.95. The van der Waals surface area contributed by atoms with Crippen LogP contribution in [0.4, 0.5) is 10.5 Å². The summed E-state index contributed by atoms with van der Waals surface area (Å²) in [6.45, 7) is 0.251. The lowest BCUT2D eigenvalue weighted by atomic mass is 10.0. The van der Waals surface area contributed by atoms with Crippen molar-refractivity contribution in [3.63, 3.8) is 0 Å². The van der Waals surface area contributed by atoms with Crippen LogP contribution >= 0.6 is 20.7 Å². The van der Waals surface area contributed by atoms with Crippen LogP contribution in [0.15, 0.2) is 24.4 Å². The predicted octanol–water partition coefficient (Wildman–Crippen LogP) is 1.61. The molecular formula is C18H15IN4O4. The number of pyridine rings is 1. The topological polar surface area (TPSA) is 108 Å². The minimum absolute atomic E-state index is 0.0832. The summed E-state index contributed by atoms with van der Waals surface area (Å²) in [6, 6.07) is 4.57. The highest BCUT2D eigenvalue weighted by Crippen LogP contribution is 2.40. The van der Waals surface area contributed by atoms with Gasteiger partial charge in [-0.05, 0) is 33.2 Å². The maximum atomic E-state index is 13.0. The van der Waals surface area contributed by atoms with Crippen LogP contribution in [0.2, 0.25) is 0 Å². The Hall–Kier alpha value is -2.69. The number of rotatable bonds is 4. The number of aromatic nitrogens is 1. The van der Waals surface area contributed by atoms with E-state index in [2.05, 4.69) is 20.1 Å². The molecule has 1 fully saturated rings. The highest BCUT2D eigenvalue weighted by atomic mass is 127. The number of carbonyl (C=O) groups excluding carboxylic acids is 4. The molecule has 27 heavy (non-hydrogen) atoms. The maximum absolute atomic E-state index is 13.0. The number of hydrogen-bond donors (Lipinski definition) is 2. The first-order valence-electron chi connectivity index (χ1n) is 8.25. The Morgan fingerprint density at radius 1 is 1.37 bits per heavy atom. The SMILES string of the molecule is C=IC(=O)NCc1ncc2c3c(cccc13)C(=O)N2C1CCC(=O)NC1=O. The van der Waals surface area contributed by atoms with Crippen molar-refractivity contribution in [2.75, 3.05) is 4.90 Å². The number of nitrogens with one attached hydrogen (secondary N) is 2. The van der Waals surface area contributed by atoms with Crippen molar-refractivity contribution < 1.29 is 19.2 Å². The monoisotopic (exact) mass is 478 g/mol. The summed E-state index contributed by atoms with van der Waals surface area (Å²) in [5.41, 5.74) is 1.70. The van der Waals surface area contributed by atoms with Gasteiger partial charge in [0.2, 0.25) is 11.8 Å². The van der Waals surface area contributed by atoms with Gasteiger partial charge in [-0.15, -0.1) is 0 Å². The van der Waals surface area contributed by atoms with E-state index in [-0.39, 0.29) is 35.1 Å². The molecule has 1 aromatic heterocycles. The summed E-state index contributed by atoms with van der Waals surface area (Å²) >= 11 is -0.793. The molecule has 0 aliphatic carbocycles. The molecule has 2 aliphatic rings. The van der Waals surface area contributed by atoms with Crippen molar-refractivity contribution in [2.45, 2.75) is 25.4 Å². The van der Waals surface area contributed by atoms with E-state index in [1.807, 2.05) is 6.07 Å². The lowest BCUT2D eigenvalue weighted by molar-refractivity contribution is -0.134. The molecule has 0 saturated carbocycles. The summed E-state index contributed by atoms with van der Waals surface area (Å²) in [5, 5.41) is 6.55. The number of hydrogen-bond acceptors (Lipinski definition) is 5. The minimum atomic E-state index is -0.793. The number of imide groups is 1. The molecule has 1 aromatic carbocycles. The zero-order valence-corrected chi connectivity index (χ0v) is 16.3. The number of halogens is 1. The molecule has 138 valence electrons. The number of nitrogens with zero attached hydrogens (tertiary/aromatic N) is 2. The van der Waals surface area contributed by atoms with Gasteiger partial charge in [-0.1, -0.05) is 16.6 Å². The molecule has 3 heterocycles. The van der Waals surface area contributed by atoms with Gasteiger partial charge in [0.1, 0.15) is 6.04 Å². The largest absolute Gasteiger partial charge is 0.342 e. The molecule has 2 N–H and O–H groups in total. The molecule has 1 atom stereocenters. The summed E-state index contributed by atoms with van der Waals surface area (Å²) in [4.78, 5) is 54.1. The Balaban J connectivity index is 1.77. The first-order valence-corrected chi connectivity index (χ1v) is 10.9. The van der Waals surface area contributed by atoms with Crippen LogP contribution < -0.4 is 15.5 Å². The Morgan fingerprint density at radius 2 is 2.19 bits per heavy atom. The Labute approximate surface area is 164 Å². The average molecular weight is 478 g/mol. The maximum Gasteiger partial charge on any atom is 0.274 e. The van der Waals surface area contributed by atoms with Gasteiger partial charge in [-0.25, -0.2) is 0 Å². The lowest BCUT2D eigenvalue weighted by Crippen LogP contribution is -2.53.